The van der Waals surface area contributed by atoms with Gasteiger partial charge in [-0.3, -0.25) is 0 Å². The monoisotopic (exact) mass is 290 g/mol. The molecule has 0 aromatic heterocycles. The van der Waals surface area contributed by atoms with E-state index in [0.717, 1.165) is 24.6 Å². The highest BCUT2D eigenvalue weighted by Crippen LogP contribution is 2.40. The molecular weight excluding hydrogens is 263 g/mol. The van der Waals surface area contributed by atoms with Crippen molar-refractivity contribution in [2.24, 2.45) is 5.92 Å². The molecule has 0 radical (unpaired) electrons. The second-order valence-corrected chi connectivity index (χ2v) is 6.90. The molecule has 1 saturated heterocycles. The Hall–Kier alpha value is -1.09. The van der Waals surface area contributed by atoms with Crippen LogP contribution in [0, 0.1) is 11.7 Å². The highest BCUT2D eigenvalue weighted by atomic mass is 19.1. The molecule has 1 saturated carbocycles. The maximum Gasteiger partial charge on any atom is 0.123 e. The summed E-state index contributed by atoms with van der Waals surface area (Å²) in [6.45, 7) is 6.15. The van der Waals surface area contributed by atoms with Crippen LogP contribution in [0.1, 0.15) is 51.5 Å². The molecule has 1 aliphatic heterocycles. The molecule has 2 unspecified atom stereocenters. The predicted octanol–water partition coefficient (Wildman–Crippen LogP) is 4.09. The summed E-state index contributed by atoms with van der Waals surface area (Å²) in [6, 6.07) is 6.42. The van der Waals surface area contributed by atoms with Gasteiger partial charge in [0.2, 0.25) is 0 Å². The van der Waals surface area contributed by atoms with Gasteiger partial charge in [-0.15, -0.1) is 0 Å². The summed E-state index contributed by atoms with van der Waals surface area (Å²) < 4.78 is 13.6. The van der Waals surface area contributed by atoms with E-state index >= 15 is 0 Å². The van der Waals surface area contributed by atoms with Gasteiger partial charge in [0.05, 0.1) is 0 Å². The molecule has 0 amide bonds. The van der Waals surface area contributed by atoms with E-state index in [1.165, 1.54) is 37.8 Å². The van der Waals surface area contributed by atoms with Crippen LogP contribution in [-0.2, 0) is 6.54 Å². The zero-order valence-corrected chi connectivity index (χ0v) is 13.2. The van der Waals surface area contributed by atoms with Gasteiger partial charge in [0, 0.05) is 30.9 Å². The number of benzene rings is 1. The van der Waals surface area contributed by atoms with Gasteiger partial charge in [0.25, 0.3) is 0 Å². The number of fused-ring (bicyclic) bond motifs is 1. The van der Waals surface area contributed by atoms with E-state index in [4.69, 9.17) is 0 Å². The summed E-state index contributed by atoms with van der Waals surface area (Å²) >= 11 is 0. The topological polar surface area (TPSA) is 15.3 Å². The number of hydrogen-bond donors (Lipinski definition) is 1. The normalized spacial score (nSPS) is 25.4. The van der Waals surface area contributed by atoms with Crippen LogP contribution in [0.4, 0.5) is 10.1 Å². The molecule has 2 atom stereocenters. The van der Waals surface area contributed by atoms with Crippen molar-refractivity contribution >= 4 is 5.69 Å². The average molecular weight is 290 g/mol. The molecule has 1 aliphatic carbocycles. The lowest BCUT2D eigenvalue weighted by Crippen LogP contribution is -2.35. The molecule has 1 aromatic carbocycles. The third kappa shape index (κ3) is 3.23. The molecule has 2 nitrogen and oxygen atoms in total. The van der Waals surface area contributed by atoms with E-state index in [2.05, 4.69) is 24.1 Å². The van der Waals surface area contributed by atoms with E-state index in [1.807, 2.05) is 6.07 Å². The highest BCUT2D eigenvalue weighted by molar-refractivity contribution is 5.55. The number of anilines is 1. The summed E-state index contributed by atoms with van der Waals surface area (Å²) in [7, 11) is 0. The second kappa shape index (κ2) is 6.35. The molecule has 1 aromatic rings. The number of nitrogens with zero attached hydrogens (tertiary/aromatic N) is 1. The lowest BCUT2D eigenvalue weighted by molar-refractivity contribution is 0.342. The smallest absolute Gasteiger partial charge is 0.123 e. The van der Waals surface area contributed by atoms with Crippen molar-refractivity contribution in [3.05, 3.63) is 29.6 Å². The fraction of sp³-hybridized carbons (Fsp3) is 0.667. The molecule has 2 aliphatic rings. The molecule has 21 heavy (non-hydrogen) atoms. The van der Waals surface area contributed by atoms with Crippen molar-refractivity contribution in [1.82, 2.24) is 5.32 Å². The zero-order chi connectivity index (χ0) is 14.8. The maximum absolute atomic E-state index is 13.6. The quantitative estimate of drug-likeness (QED) is 0.898. The first-order valence-corrected chi connectivity index (χ1v) is 8.43. The standard InChI is InChI=1S/C18H27FN2/c1-13(2)20-12-15-11-16(19)7-8-18(15)21-10-9-14-5-3-4-6-17(14)21/h7-8,11,13-14,17,20H,3-6,9-10,12H2,1-2H3. The largest absolute Gasteiger partial charge is 0.368 e. The molecule has 116 valence electrons. The van der Waals surface area contributed by atoms with Gasteiger partial charge >= 0.3 is 0 Å². The van der Waals surface area contributed by atoms with Gasteiger partial charge in [-0.25, -0.2) is 4.39 Å². The Labute approximate surface area is 127 Å². The first-order chi connectivity index (χ1) is 10.1. The third-order valence-electron chi connectivity index (χ3n) is 5.06. The summed E-state index contributed by atoms with van der Waals surface area (Å²) in [4.78, 5) is 2.56. The van der Waals surface area contributed by atoms with Crippen LogP contribution in [0.25, 0.3) is 0 Å². The van der Waals surface area contributed by atoms with Crippen molar-refractivity contribution in [2.75, 3.05) is 11.4 Å². The van der Waals surface area contributed by atoms with E-state index in [9.17, 15) is 4.39 Å². The van der Waals surface area contributed by atoms with Crippen molar-refractivity contribution < 1.29 is 4.39 Å². The van der Waals surface area contributed by atoms with Crippen LogP contribution >= 0.6 is 0 Å². The number of rotatable bonds is 4. The fourth-order valence-electron chi connectivity index (χ4n) is 3.99. The molecule has 2 fully saturated rings. The Kier molecular flexibility index (Phi) is 4.48. The highest BCUT2D eigenvalue weighted by Gasteiger charge is 2.36. The maximum atomic E-state index is 13.6. The molecule has 0 bridgehead atoms. The SMILES string of the molecule is CC(C)NCc1cc(F)ccc1N1CCC2CCCCC21. The van der Waals surface area contributed by atoms with Crippen LogP contribution in [0.3, 0.4) is 0 Å². The minimum Gasteiger partial charge on any atom is -0.368 e. The number of nitrogens with one attached hydrogen (secondary N) is 1. The van der Waals surface area contributed by atoms with Crippen molar-refractivity contribution in [2.45, 2.75) is 64.6 Å². The Balaban J connectivity index is 1.83. The number of halogens is 1. The Bertz CT molecular complexity index is 486. The van der Waals surface area contributed by atoms with Crippen LogP contribution < -0.4 is 10.2 Å². The predicted molar refractivity (Wildman–Crippen MR) is 86.1 cm³/mol. The van der Waals surface area contributed by atoms with Crippen LogP contribution in [0.15, 0.2) is 18.2 Å². The molecule has 0 spiro atoms. The fourth-order valence-corrected chi connectivity index (χ4v) is 3.99. The molecule has 1 N–H and O–H groups in total. The average Bonchev–Trinajstić information content (AvgIpc) is 2.89. The number of hydrogen-bond acceptors (Lipinski definition) is 2. The Morgan fingerprint density at radius 1 is 1.24 bits per heavy atom. The second-order valence-electron chi connectivity index (χ2n) is 6.90. The van der Waals surface area contributed by atoms with Gasteiger partial charge in [-0.05, 0) is 48.9 Å². The molecule has 3 heteroatoms. The summed E-state index contributed by atoms with van der Waals surface area (Å²) in [5.41, 5.74) is 2.36. The first-order valence-electron chi connectivity index (χ1n) is 8.43. The van der Waals surface area contributed by atoms with Crippen LogP contribution in [-0.4, -0.2) is 18.6 Å². The van der Waals surface area contributed by atoms with Crippen molar-refractivity contribution in [1.29, 1.82) is 0 Å². The summed E-state index contributed by atoms with van der Waals surface area (Å²) in [5, 5.41) is 3.43. The molecular formula is C18H27FN2. The molecule has 3 rings (SSSR count). The minimum atomic E-state index is -0.126. The van der Waals surface area contributed by atoms with Gasteiger partial charge in [-0.1, -0.05) is 26.7 Å². The van der Waals surface area contributed by atoms with Gasteiger partial charge < -0.3 is 10.2 Å². The molecule has 1 heterocycles. The van der Waals surface area contributed by atoms with Gasteiger partial charge in [-0.2, -0.15) is 0 Å². The van der Waals surface area contributed by atoms with E-state index < -0.39 is 0 Å². The zero-order valence-electron chi connectivity index (χ0n) is 13.2. The third-order valence-corrected chi connectivity index (χ3v) is 5.06. The van der Waals surface area contributed by atoms with Crippen molar-refractivity contribution in [3.8, 4) is 0 Å². The summed E-state index contributed by atoms with van der Waals surface area (Å²) in [5.74, 6) is 0.730. The van der Waals surface area contributed by atoms with Crippen LogP contribution in [0.5, 0.6) is 0 Å². The van der Waals surface area contributed by atoms with E-state index in [-0.39, 0.29) is 5.82 Å². The van der Waals surface area contributed by atoms with Gasteiger partial charge in [0.1, 0.15) is 5.82 Å². The minimum absolute atomic E-state index is 0.126. The van der Waals surface area contributed by atoms with Gasteiger partial charge in [0.15, 0.2) is 0 Å². The first kappa shape index (κ1) is 14.8. The van der Waals surface area contributed by atoms with Crippen molar-refractivity contribution in [3.63, 3.8) is 0 Å². The summed E-state index contributed by atoms with van der Waals surface area (Å²) in [6.07, 6.45) is 6.72. The van der Waals surface area contributed by atoms with E-state index in [1.54, 1.807) is 12.1 Å². The lowest BCUT2D eigenvalue weighted by Gasteiger charge is -2.34. The Morgan fingerprint density at radius 2 is 2.05 bits per heavy atom. The Morgan fingerprint density at radius 3 is 2.86 bits per heavy atom. The van der Waals surface area contributed by atoms with Crippen LogP contribution in [0.2, 0.25) is 0 Å². The lowest BCUT2D eigenvalue weighted by atomic mass is 9.85. The van der Waals surface area contributed by atoms with E-state index in [0.29, 0.717) is 12.1 Å².